The van der Waals surface area contributed by atoms with Gasteiger partial charge in [-0.25, -0.2) is 0 Å². The van der Waals surface area contributed by atoms with Gasteiger partial charge in [-0.2, -0.15) is 0 Å². The van der Waals surface area contributed by atoms with E-state index in [0.29, 0.717) is 0 Å². The van der Waals surface area contributed by atoms with Crippen molar-refractivity contribution in [1.29, 1.82) is 0 Å². The van der Waals surface area contributed by atoms with Crippen LogP contribution in [0.1, 0.15) is 29.2 Å². The standard InChI is InChI=1S/C21H24N2/c1-6-17-19-11-10-16(23(4)5)12-21(19)22-13-20(17)18-9-7-8-14(2)15(18)3/h6-13,22H,1-5H3/b17-6-. The molecule has 2 nitrogen and oxygen atoms in total. The molecule has 0 saturated carbocycles. The minimum Gasteiger partial charge on any atom is -0.378 e. The van der Waals surface area contributed by atoms with Gasteiger partial charge in [0, 0.05) is 42.8 Å². The van der Waals surface area contributed by atoms with E-state index in [2.05, 4.69) is 93.8 Å². The minimum absolute atomic E-state index is 1.17. The summed E-state index contributed by atoms with van der Waals surface area (Å²) in [7, 11) is 4.14. The Kier molecular flexibility index (Phi) is 3.99. The highest BCUT2D eigenvalue weighted by Crippen LogP contribution is 2.41. The third-order valence-electron chi connectivity index (χ3n) is 4.66. The maximum Gasteiger partial charge on any atom is 0.0480 e. The highest BCUT2D eigenvalue weighted by atomic mass is 15.1. The summed E-state index contributed by atoms with van der Waals surface area (Å²) >= 11 is 0. The Morgan fingerprint density at radius 2 is 1.78 bits per heavy atom. The predicted octanol–water partition coefficient (Wildman–Crippen LogP) is 5.24. The minimum atomic E-state index is 1.17. The lowest BCUT2D eigenvalue weighted by molar-refractivity contribution is 1.13. The van der Waals surface area contributed by atoms with Crippen molar-refractivity contribution in [2.75, 3.05) is 24.3 Å². The molecule has 0 bridgehead atoms. The maximum atomic E-state index is 3.49. The number of rotatable bonds is 2. The number of hydrogen-bond donors (Lipinski definition) is 1. The zero-order valence-corrected chi connectivity index (χ0v) is 14.6. The highest BCUT2D eigenvalue weighted by molar-refractivity contribution is 6.10. The SMILES string of the molecule is C/C=C1\C(c2cccc(C)c2C)=CNc2cc(N(C)C)ccc21. The Balaban J connectivity index is 2.11. The molecule has 1 heterocycles. The first kappa shape index (κ1) is 15.4. The van der Waals surface area contributed by atoms with E-state index < -0.39 is 0 Å². The highest BCUT2D eigenvalue weighted by Gasteiger charge is 2.19. The second kappa shape index (κ2) is 5.96. The van der Waals surface area contributed by atoms with Crippen LogP contribution in [0.15, 0.2) is 48.7 Å². The lowest BCUT2D eigenvalue weighted by Crippen LogP contribution is -2.11. The molecule has 0 spiro atoms. The van der Waals surface area contributed by atoms with Crippen molar-refractivity contribution in [3.8, 4) is 0 Å². The molecular weight excluding hydrogens is 280 g/mol. The molecule has 2 aromatic rings. The van der Waals surface area contributed by atoms with E-state index in [4.69, 9.17) is 0 Å². The van der Waals surface area contributed by atoms with Crippen LogP contribution in [-0.2, 0) is 0 Å². The first-order chi connectivity index (χ1) is 11.0. The van der Waals surface area contributed by atoms with Gasteiger partial charge in [0.15, 0.2) is 0 Å². The lowest BCUT2D eigenvalue weighted by atomic mass is 9.86. The van der Waals surface area contributed by atoms with Crippen LogP contribution in [0.3, 0.4) is 0 Å². The molecule has 0 atom stereocenters. The third kappa shape index (κ3) is 2.65. The smallest absolute Gasteiger partial charge is 0.0480 e. The Labute approximate surface area is 139 Å². The molecule has 0 aromatic heterocycles. The number of nitrogens with one attached hydrogen (secondary N) is 1. The van der Waals surface area contributed by atoms with Crippen LogP contribution in [0.2, 0.25) is 0 Å². The second-order valence-corrected chi connectivity index (χ2v) is 6.28. The summed E-state index contributed by atoms with van der Waals surface area (Å²) in [5.74, 6) is 0. The van der Waals surface area contributed by atoms with Gasteiger partial charge >= 0.3 is 0 Å². The largest absolute Gasteiger partial charge is 0.378 e. The average molecular weight is 304 g/mol. The zero-order chi connectivity index (χ0) is 16.6. The van der Waals surface area contributed by atoms with Gasteiger partial charge < -0.3 is 10.2 Å². The van der Waals surface area contributed by atoms with E-state index in [0.717, 1.165) is 0 Å². The lowest BCUT2D eigenvalue weighted by Gasteiger charge is -2.25. The monoisotopic (exact) mass is 304 g/mol. The molecule has 0 saturated heterocycles. The maximum absolute atomic E-state index is 3.49. The van der Waals surface area contributed by atoms with Crippen molar-refractivity contribution in [3.05, 3.63) is 70.9 Å². The number of allylic oxidation sites excluding steroid dienone is 3. The van der Waals surface area contributed by atoms with Crippen LogP contribution in [0.5, 0.6) is 0 Å². The van der Waals surface area contributed by atoms with Gasteiger partial charge in [-0.05, 0) is 55.2 Å². The predicted molar refractivity (Wildman–Crippen MR) is 102 cm³/mol. The molecule has 0 amide bonds. The fraction of sp³-hybridized carbons (Fsp3) is 0.238. The molecule has 0 fully saturated rings. The topological polar surface area (TPSA) is 15.3 Å². The van der Waals surface area contributed by atoms with Crippen molar-refractivity contribution in [3.63, 3.8) is 0 Å². The normalized spacial score (nSPS) is 15.0. The summed E-state index contributed by atoms with van der Waals surface area (Å²) in [4.78, 5) is 2.13. The summed E-state index contributed by atoms with van der Waals surface area (Å²) in [6.45, 7) is 6.48. The van der Waals surface area contributed by atoms with E-state index in [-0.39, 0.29) is 0 Å². The fourth-order valence-electron chi connectivity index (χ4n) is 3.11. The van der Waals surface area contributed by atoms with Crippen LogP contribution < -0.4 is 10.2 Å². The van der Waals surface area contributed by atoms with Crippen molar-refractivity contribution in [2.24, 2.45) is 0 Å². The van der Waals surface area contributed by atoms with Crippen molar-refractivity contribution >= 4 is 22.5 Å². The number of fused-ring (bicyclic) bond motifs is 1. The van der Waals surface area contributed by atoms with Gasteiger partial charge in [-0.1, -0.05) is 30.3 Å². The van der Waals surface area contributed by atoms with Gasteiger partial charge in [0.25, 0.3) is 0 Å². The molecule has 1 N–H and O–H groups in total. The van der Waals surface area contributed by atoms with Crippen molar-refractivity contribution in [2.45, 2.75) is 20.8 Å². The first-order valence-corrected chi connectivity index (χ1v) is 8.04. The molecular formula is C21H24N2. The van der Waals surface area contributed by atoms with Gasteiger partial charge in [-0.3, -0.25) is 0 Å². The van der Waals surface area contributed by atoms with Gasteiger partial charge in [0.2, 0.25) is 0 Å². The molecule has 2 heteroatoms. The molecule has 118 valence electrons. The molecule has 3 rings (SSSR count). The molecule has 0 radical (unpaired) electrons. The second-order valence-electron chi connectivity index (χ2n) is 6.28. The van der Waals surface area contributed by atoms with Crippen LogP contribution in [-0.4, -0.2) is 14.1 Å². The van der Waals surface area contributed by atoms with E-state index in [9.17, 15) is 0 Å². The summed E-state index contributed by atoms with van der Waals surface area (Å²) in [5.41, 5.74) is 10.1. The summed E-state index contributed by atoms with van der Waals surface area (Å²) in [6.07, 6.45) is 4.35. The Morgan fingerprint density at radius 3 is 2.48 bits per heavy atom. The Hall–Kier alpha value is -2.48. The number of anilines is 2. The van der Waals surface area contributed by atoms with Crippen LogP contribution in [0, 0.1) is 13.8 Å². The third-order valence-corrected chi connectivity index (χ3v) is 4.66. The van der Waals surface area contributed by atoms with E-state index in [1.54, 1.807) is 0 Å². The number of aryl methyl sites for hydroxylation is 1. The fourth-order valence-corrected chi connectivity index (χ4v) is 3.11. The van der Waals surface area contributed by atoms with E-state index in [1.807, 2.05) is 0 Å². The van der Waals surface area contributed by atoms with Gasteiger partial charge in [0.1, 0.15) is 0 Å². The molecule has 1 aliphatic rings. The Bertz CT molecular complexity index is 811. The number of nitrogens with zero attached hydrogens (tertiary/aromatic N) is 1. The number of hydrogen-bond acceptors (Lipinski definition) is 2. The first-order valence-electron chi connectivity index (χ1n) is 8.04. The van der Waals surface area contributed by atoms with Gasteiger partial charge in [0.05, 0.1) is 0 Å². The quantitative estimate of drug-likeness (QED) is 0.816. The summed E-state index contributed by atoms with van der Waals surface area (Å²) in [5, 5.41) is 3.49. The molecule has 23 heavy (non-hydrogen) atoms. The van der Waals surface area contributed by atoms with Crippen LogP contribution >= 0.6 is 0 Å². The summed E-state index contributed by atoms with van der Waals surface area (Å²) in [6, 6.07) is 13.1. The van der Waals surface area contributed by atoms with Gasteiger partial charge in [-0.15, -0.1) is 0 Å². The Morgan fingerprint density at radius 1 is 1.00 bits per heavy atom. The molecule has 1 aliphatic heterocycles. The van der Waals surface area contributed by atoms with Crippen molar-refractivity contribution < 1.29 is 0 Å². The van der Waals surface area contributed by atoms with Crippen LogP contribution in [0.25, 0.3) is 11.1 Å². The zero-order valence-electron chi connectivity index (χ0n) is 14.6. The van der Waals surface area contributed by atoms with E-state index >= 15 is 0 Å². The van der Waals surface area contributed by atoms with Crippen molar-refractivity contribution in [1.82, 2.24) is 0 Å². The molecule has 2 aromatic carbocycles. The molecule has 0 unspecified atom stereocenters. The summed E-state index contributed by atoms with van der Waals surface area (Å²) < 4.78 is 0. The average Bonchev–Trinajstić information content (AvgIpc) is 2.55. The molecule has 0 aliphatic carbocycles. The van der Waals surface area contributed by atoms with Crippen LogP contribution in [0.4, 0.5) is 11.4 Å². The number of benzene rings is 2. The van der Waals surface area contributed by atoms with E-state index in [1.165, 1.54) is 44.8 Å².